The van der Waals surface area contributed by atoms with Crippen LogP contribution in [0, 0.1) is 0 Å². The first-order chi connectivity index (χ1) is 5.70. The Balaban J connectivity index is 2.30. The molecule has 1 rings (SSSR count). The van der Waals surface area contributed by atoms with Crippen molar-refractivity contribution in [3.63, 3.8) is 0 Å². The van der Waals surface area contributed by atoms with E-state index in [-0.39, 0.29) is 5.57 Å². The normalized spacial score (nSPS) is 16.1. The molecule has 0 radical (unpaired) electrons. The Morgan fingerprint density at radius 2 is 2.42 bits per heavy atom. The van der Waals surface area contributed by atoms with Crippen LogP contribution in [0.2, 0.25) is 0 Å². The molecule has 1 aliphatic heterocycles. The first kappa shape index (κ1) is 10.1. The standard InChI is InChI=1S/C7H9F2NS2/c1-5(6(8)9)4-12-7-10-2-3-11-7/h2-4H2,1H3. The minimum Gasteiger partial charge on any atom is -0.271 e. The van der Waals surface area contributed by atoms with Gasteiger partial charge in [-0.1, -0.05) is 23.5 Å². The lowest BCUT2D eigenvalue weighted by molar-refractivity contribution is 0.412. The molecule has 0 aliphatic carbocycles. The molecule has 0 unspecified atom stereocenters. The maximum absolute atomic E-state index is 11.9. The summed E-state index contributed by atoms with van der Waals surface area (Å²) in [5.74, 6) is 1.34. The second-order valence-electron chi connectivity index (χ2n) is 2.33. The Morgan fingerprint density at radius 3 is 2.92 bits per heavy atom. The van der Waals surface area contributed by atoms with Crippen molar-refractivity contribution in [3.8, 4) is 0 Å². The van der Waals surface area contributed by atoms with Crippen LogP contribution in [0.4, 0.5) is 8.78 Å². The summed E-state index contributed by atoms with van der Waals surface area (Å²) in [6, 6.07) is 0. The Morgan fingerprint density at radius 1 is 1.67 bits per heavy atom. The van der Waals surface area contributed by atoms with Gasteiger partial charge in [-0.15, -0.1) is 0 Å². The molecule has 0 fully saturated rings. The van der Waals surface area contributed by atoms with Crippen LogP contribution < -0.4 is 0 Å². The fraction of sp³-hybridized carbons (Fsp3) is 0.571. The molecule has 1 heterocycles. The minimum atomic E-state index is -1.56. The van der Waals surface area contributed by atoms with Crippen LogP contribution in [0.15, 0.2) is 16.6 Å². The summed E-state index contributed by atoms with van der Waals surface area (Å²) in [5.41, 5.74) is 0.148. The van der Waals surface area contributed by atoms with Gasteiger partial charge in [0.05, 0.1) is 6.54 Å². The molecule has 1 nitrogen and oxygen atoms in total. The molecular formula is C7H9F2NS2. The van der Waals surface area contributed by atoms with Crippen molar-refractivity contribution >= 4 is 27.9 Å². The Hall–Kier alpha value is -0.0300. The first-order valence-electron chi connectivity index (χ1n) is 3.51. The number of hydrogen-bond acceptors (Lipinski definition) is 3. The van der Waals surface area contributed by atoms with E-state index >= 15 is 0 Å². The van der Waals surface area contributed by atoms with E-state index in [1.54, 1.807) is 11.8 Å². The zero-order chi connectivity index (χ0) is 8.97. The number of halogens is 2. The molecule has 5 heteroatoms. The van der Waals surface area contributed by atoms with Crippen LogP contribution in [-0.4, -0.2) is 22.4 Å². The van der Waals surface area contributed by atoms with Crippen LogP contribution in [0.25, 0.3) is 0 Å². The van der Waals surface area contributed by atoms with E-state index in [2.05, 4.69) is 4.99 Å². The van der Waals surface area contributed by atoms with Crippen molar-refractivity contribution in [2.75, 3.05) is 18.1 Å². The van der Waals surface area contributed by atoms with E-state index in [1.807, 2.05) is 0 Å². The van der Waals surface area contributed by atoms with Crippen LogP contribution in [0.1, 0.15) is 6.92 Å². The summed E-state index contributed by atoms with van der Waals surface area (Å²) in [7, 11) is 0. The van der Waals surface area contributed by atoms with Crippen molar-refractivity contribution in [1.29, 1.82) is 0 Å². The second-order valence-corrected chi connectivity index (χ2v) is 4.63. The molecule has 0 aromatic carbocycles. The molecule has 1 aliphatic rings. The lowest BCUT2D eigenvalue weighted by atomic mass is 10.4. The molecule has 68 valence electrons. The van der Waals surface area contributed by atoms with E-state index in [0.29, 0.717) is 5.75 Å². The van der Waals surface area contributed by atoms with Gasteiger partial charge in [0.25, 0.3) is 6.08 Å². The number of rotatable bonds is 2. The number of hydrogen-bond donors (Lipinski definition) is 0. The highest BCUT2D eigenvalue weighted by molar-refractivity contribution is 8.39. The predicted octanol–water partition coefficient (Wildman–Crippen LogP) is 2.99. The summed E-state index contributed by atoms with van der Waals surface area (Å²) in [4.78, 5) is 4.14. The Labute approximate surface area is 78.7 Å². The molecule has 0 amide bonds. The summed E-state index contributed by atoms with van der Waals surface area (Å²) in [6.07, 6.45) is -1.56. The minimum absolute atomic E-state index is 0.148. The van der Waals surface area contributed by atoms with Gasteiger partial charge in [-0.2, -0.15) is 8.78 Å². The zero-order valence-corrected chi connectivity index (χ0v) is 8.27. The van der Waals surface area contributed by atoms with Gasteiger partial charge >= 0.3 is 0 Å². The van der Waals surface area contributed by atoms with E-state index < -0.39 is 6.08 Å². The van der Waals surface area contributed by atoms with E-state index in [9.17, 15) is 8.78 Å². The van der Waals surface area contributed by atoms with Crippen molar-refractivity contribution in [1.82, 2.24) is 0 Å². The summed E-state index contributed by atoms with van der Waals surface area (Å²) in [5, 5.41) is 0. The highest BCUT2D eigenvalue weighted by atomic mass is 32.2. The SMILES string of the molecule is CC(CSC1=NCCS1)=C(F)F. The average Bonchev–Trinajstić information content (AvgIpc) is 2.51. The molecule has 0 aromatic rings. The van der Waals surface area contributed by atoms with Crippen molar-refractivity contribution in [2.24, 2.45) is 4.99 Å². The maximum atomic E-state index is 11.9. The fourth-order valence-electron chi connectivity index (χ4n) is 0.627. The van der Waals surface area contributed by atoms with Gasteiger partial charge in [0.15, 0.2) is 0 Å². The zero-order valence-electron chi connectivity index (χ0n) is 6.64. The van der Waals surface area contributed by atoms with Gasteiger partial charge in [0.2, 0.25) is 0 Å². The van der Waals surface area contributed by atoms with Gasteiger partial charge in [-0.05, 0) is 6.92 Å². The third-order valence-electron chi connectivity index (χ3n) is 1.29. The Bertz CT molecular complexity index is 221. The van der Waals surface area contributed by atoms with Gasteiger partial charge in [0, 0.05) is 17.1 Å². The fourth-order valence-corrected chi connectivity index (χ4v) is 2.56. The van der Waals surface area contributed by atoms with Crippen molar-refractivity contribution < 1.29 is 8.78 Å². The predicted molar refractivity (Wildman–Crippen MR) is 52.1 cm³/mol. The van der Waals surface area contributed by atoms with Crippen LogP contribution >= 0.6 is 23.5 Å². The maximum Gasteiger partial charge on any atom is 0.270 e. The molecule has 0 spiro atoms. The lowest BCUT2D eigenvalue weighted by Gasteiger charge is -1.98. The Kier molecular flexibility index (Phi) is 4.08. The average molecular weight is 209 g/mol. The van der Waals surface area contributed by atoms with Gasteiger partial charge in [-0.3, -0.25) is 4.99 Å². The van der Waals surface area contributed by atoms with Crippen molar-refractivity contribution in [3.05, 3.63) is 11.7 Å². The number of thioether (sulfide) groups is 2. The highest BCUT2D eigenvalue weighted by Crippen LogP contribution is 2.24. The topological polar surface area (TPSA) is 12.4 Å². The molecular weight excluding hydrogens is 200 g/mol. The van der Waals surface area contributed by atoms with Gasteiger partial charge in [0.1, 0.15) is 4.38 Å². The molecule has 0 saturated carbocycles. The highest BCUT2D eigenvalue weighted by Gasteiger charge is 2.08. The van der Waals surface area contributed by atoms with Crippen LogP contribution in [0.5, 0.6) is 0 Å². The quantitative estimate of drug-likeness (QED) is 0.693. The summed E-state index contributed by atoms with van der Waals surface area (Å²) in [6.45, 7) is 2.27. The monoisotopic (exact) mass is 209 g/mol. The summed E-state index contributed by atoms with van der Waals surface area (Å²) >= 11 is 3.04. The first-order valence-corrected chi connectivity index (χ1v) is 5.48. The van der Waals surface area contributed by atoms with Crippen LogP contribution in [-0.2, 0) is 0 Å². The van der Waals surface area contributed by atoms with E-state index in [4.69, 9.17) is 0 Å². The van der Waals surface area contributed by atoms with E-state index in [1.165, 1.54) is 18.7 Å². The molecule has 0 bridgehead atoms. The third-order valence-corrected chi connectivity index (χ3v) is 3.72. The number of nitrogens with zero attached hydrogens (tertiary/aromatic N) is 1. The van der Waals surface area contributed by atoms with E-state index in [0.717, 1.165) is 16.7 Å². The number of aliphatic imine (C=N–C) groups is 1. The van der Waals surface area contributed by atoms with Crippen LogP contribution in [0.3, 0.4) is 0 Å². The molecule has 0 atom stereocenters. The van der Waals surface area contributed by atoms with Gasteiger partial charge in [-0.25, -0.2) is 0 Å². The van der Waals surface area contributed by atoms with Gasteiger partial charge < -0.3 is 0 Å². The largest absolute Gasteiger partial charge is 0.271 e. The van der Waals surface area contributed by atoms with Crippen molar-refractivity contribution in [2.45, 2.75) is 6.92 Å². The second kappa shape index (κ2) is 4.87. The smallest absolute Gasteiger partial charge is 0.270 e. The lowest BCUT2D eigenvalue weighted by Crippen LogP contribution is -1.87. The molecule has 0 N–H and O–H groups in total. The molecule has 0 aromatic heterocycles. The third kappa shape index (κ3) is 3.15. The summed E-state index contributed by atoms with van der Waals surface area (Å²) < 4.78 is 24.8. The molecule has 12 heavy (non-hydrogen) atoms. The molecule has 0 saturated heterocycles.